The average Bonchev–Trinajstić information content (AvgIpc) is 2.96. The van der Waals surface area contributed by atoms with Crippen LogP contribution < -0.4 is 5.32 Å². The Bertz CT molecular complexity index is 492. The molecular weight excluding hydrogens is 266 g/mol. The van der Waals surface area contributed by atoms with Crippen LogP contribution in [0, 0.1) is 0 Å². The Morgan fingerprint density at radius 1 is 1.50 bits per heavy atom. The molecular formula is C13H18ClN3S. The van der Waals surface area contributed by atoms with Gasteiger partial charge >= 0.3 is 0 Å². The van der Waals surface area contributed by atoms with Gasteiger partial charge in [0.1, 0.15) is 5.82 Å². The van der Waals surface area contributed by atoms with E-state index in [1.165, 1.54) is 4.88 Å². The number of aromatic nitrogens is 2. The van der Waals surface area contributed by atoms with Crippen molar-refractivity contribution in [2.75, 3.05) is 0 Å². The fourth-order valence-electron chi connectivity index (χ4n) is 1.86. The van der Waals surface area contributed by atoms with Crippen molar-refractivity contribution in [3.05, 3.63) is 39.6 Å². The van der Waals surface area contributed by atoms with E-state index in [1.807, 2.05) is 18.5 Å². The first-order valence-corrected chi connectivity index (χ1v) is 7.38. The standard InChI is InChI=1S/C13H18ClN3S/c1-3-7-17-8-6-15-13(17)9-16-10(2)11-4-5-12(14)18-11/h4-6,8,10,16H,3,7,9H2,1-2H3. The Morgan fingerprint density at radius 3 is 3.00 bits per heavy atom. The molecule has 0 aliphatic carbocycles. The third-order valence-electron chi connectivity index (χ3n) is 2.85. The Kier molecular flexibility index (Phi) is 4.80. The van der Waals surface area contributed by atoms with Gasteiger partial charge in [0.25, 0.3) is 0 Å². The molecule has 98 valence electrons. The predicted molar refractivity (Wildman–Crippen MR) is 77.1 cm³/mol. The van der Waals surface area contributed by atoms with Crippen LogP contribution in [0.25, 0.3) is 0 Å². The molecule has 0 amide bonds. The van der Waals surface area contributed by atoms with Gasteiger partial charge in [0, 0.05) is 29.9 Å². The first-order valence-electron chi connectivity index (χ1n) is 6.19. The minimum absolute atomic E-state index is 0.300. The zero-order valence-corrected chi connectivity index (χ0v) is 12.3. The zero-order chi connectivity index (χ0) is 13.0. The maximum absolute atomic E-state index is 5.94. The molecule has 2 rings (SSSR count). The van der Waals surface area contributed by atoms with Crippen molar-refractivity contribution in [3.8, 4) is 0 Å². The zero-order valence-electron chi connectivity index (χ0n) is 10.7. The van der Waals surface area contributed by atoms with Gasteiger partial charge in [0.15, 0.2) is 0 Å². The second kappa shape index (κ2) is 6.36. The number of hydrogen-bond donors (Lipinski definition) is 1. The molecule has 1 atom stereocenters. The first kappa shape index (κ1) is 13.6. The fraction of sp³-hybridized carbons (Fsp3) is 0.462. The third-order valence-corrected chi connectivity index (χ3v) is 4.27. The van der Waals surface area contributed by atoms with Crippen LogP contribution in [0.5, 0.6) is 0 Å². The molecule has 0 fully saturated rings. The number of aryl methyl sites for hydroxylation is 1. The maximum atomic E-state index is 5.94. The molecule has 1 unspecified atom stereocenters. The number of halogens is 1. The highest BCUT2D eigenvalue weighted by atomic mass is 35.5. The van der Waals surface area contributed by atoms with Crippen molar-refractivity contribution in [3.63, 3.8) is 0 Å². The molecule has 0 radical (unpaired) electrons. The Morgan fingerprint density at radius 2 is 2.33 bits per heavy atom. The molecule has 2 aromatic heterocycles. The maximum Gasteiger partial charge on any atom is 0.122 e. The van der Waals surface area contributed by atoms with Crippen LogP contribution in [0.1, 0.15) is 37.0 Å². The molecule has 0 aliphatic heterocycles. The Balaban J connectivity index is 1.92. The lowest BCUT2D eigenvalue weighted by Crippen LogP contribution is -2.20. The van der Waals surface area contributed by atoms with E-state index in [-0.39, 0.29) is 0 Å². The molecule has 3 nitrogen and oxygen atoms in total. The van der Waals surface area contributed by atoms with Crippen LogP contribution >= 0.6 is 22.9 Å². The quantitative estimate of drug-likeness (QED) is 0.872. The van der Waals surface area contributed by atoms with E-state index in [2.05, 4.69) is 34.8 Å². The summed E-state index contributed by atoms with van der Waals surface area (Å²) >= 11 is 7.57. The van der Waals surface area contributed by atoms with E-state index in [4.69, 9.17) is 11.6 Å². The van der Waals surface area contributed by atoms with Crippen molar-refractivity contribution in [2.24, 2.45) is 0 Å². The van der Waals surface area contributed by atoms with Crippen LogP contribution in [-0.4, -0.2) is 9.55 Å². The van der Waals surface area contributed by atoms with Crippen molar-refractivity contribution >= 4 is 22.9 Å². The van der Waals surface area contributed by atoms with Crippen molar-refractivity contribution in [1.82, 2.24) is 14.9 Å². The lowest BCUT2D eigenvalue weighted by Gasteiger charge is -2.12. The molecule has 0 spiro atoms. The second-order valence-electron chi connectivity index (χ2n) is 4.28. The van der Waals surface area contributed by atoms with E-state index in [0.29, 0.717) is 6.04 Å². The van der Waals surface area contributed by atoms with Gasteiger partial charge in [0.05, 0.1) is 10.9 Å². The molecule has 0 bridgehead atoms. The van der Waals surface area contributed by atoms with Crippen LogP contribution in [0.15, 0.2) is 24.5 Å². The summed E-state index contributed by atoms with van der Waals surface area (Å²) in [5.41, 5.74) is 0. The van der Waals surface area contributed by atoms with Gasteiger partial charge in [-0.3, -0.25) is 0 Å². The highest BCUT2D eigenvalue weighted by Gasteiger charge is 2.09. The van der Waals surface area contributed by atoms with E-state index in [9.17, 15) is 0 Å². The van der Waals surface area contributed by atoms with E-state index in [0.717, 1.165) is 29.7 Å². The van der Waals surface area contributed by atoms with Crippen LogP contribution in [-0.2, 0) is 13.1 Å². The van der Waals surface area contributed by atoms with Crippen LogP contribution in [0.2, 0.25) is 4.34 Å². The molecule has 0 saturated heterocycles. The van der Waals surface area contributed by atoms with Gasteiger partial charge in [-0.25, -0.2) is 4.98 Å². The summed E-state index contributed by atoms with van der Waals surface area (Å²) in [4.78, 5) is 5.64. The van der Waals surface area contributed by atoms with Crippen molar-refractivity contribution in [1.29, 1.82) is 0 Å². The summed E-state index contributed by atoms with van der Waals surface area (Å²) in [6, 6.07) is 4.32. The monoisotopic (exact) mass is 283 g/mol. The van der Waals surface area contributed by atoms with Crippen LogP contribution in [0.3, 0.4) is 0 Å². The molecule has 2 heterocycles. The van der Waals surface area contributed by atoms with Gasteiger partial charge in [0.2, 0.25) is 0 Å². The molecule has 5 heteroatoms. The molecule has 0 saturated carbocycles. The Labute approximate surface area is 117 Å². The average molecular weight is 284 g/mol. The van der Waals surface area contributed by atoms with Gasteiger partial charge in [-0.15, -0.1) is 11.3 Å². The third kappa shape index (κ3) is 3.34. The van der Waals surface area contributed by atoms with E-state index in [1.54, 1.807) is 11.3 Å². The summed E-state index contributed by atoms with van der Waals surface area (Å²) in [6.07, 6.45) is 5.02. The predicted octanol–water partition coefficient (Wildman–Crippen LogP) is 3.86. The van der Waals surface area contributed by atoms with E-state index >= 15 is 0 Å². The molecule has 0 aliphatic rings. The SMILES string of the molecule is CCCn1ccnc1CNC(C)c1ccc(Cl)s1. The smallest absolute Gasteiger partial charge is 0.122 e. The molecule has 1 N–H and O–H groups in total. The van der Waals surface area contributed by atoms with Crippen LogP contribution in [0.4, 0.5) is 0 Å². The fourth-order valence-corrected chi connectivity index (χ4v) is 2.95. The highest BCUT2D eigenvalue weighted by Crippen LogP contribution is 2.26. The van der Waals surface area contributed by atoms with Gasteiger partial charge in [-0.2, -0.15) is 0 Å². The summed E-state index contributed by atoms with van der Waals surface area (Å²) in [5, 5.41) is 3.48. The minimum atomic E-state index is 0.300. The molecule has 0 aromatic carbocycles. The first-order chi connectivity index (χ1) is 8.70. The highest BCUT2D eigenvalue weighted by molar-refractivity contribution is 7.16. The second-order valence-corrected chi connectivity index (χ2v) is 6.03. The number of thiophene rings is 1. The number of nitrogens with one attached hydrogen (secondary N) is 1. The molecule has 2 aromatic rings. The minimum Gasteiger partial charge on any atom is -0.334 e. The lowest BCUT2D eigenvalue weighted by atomic mass is 10.3. The van der Waals surface area contributed by atoms with Crippen molar-refractivity contribution < 1.29 is 0 Å². The van der Waals surface area contributed by atoms with E-state index < -0.39 is 0 Å². The van der Waals surface area contributed by atoms with Gasteiger partial charge in [-0.05, 0) is 25.5 Å². The lowest BCUT2D eigenvalue weighted by molar-refractivity contribution is 0.537. The Hall–Kier alpha value is -0.840. The van der Waals surface area contributed by atoms with Gasteiger partial charge in [-0.1, -0.05) is 18.5 Å². The summed E-state index contributed by atoms with van der Waals surface area (Å²) in [6.45, 7) is 6.13. The molecule has 18 heavy (non-hydrogen) atoms. The number of rotatable bonds is 6. The summed E-state index contributed by atoms with van der Waals surface area (Å²) in [7, 11) is 0. The number of hydrogen-bond acceptors (Lipinski definition) is 3. The largest absolute Gasteiger partial charge is 0.334 e. The van der Waals surface area contributed by atoms with Gasteiger partial charge < -0.3 is 9.88 Å². The normalized spacial score (nSPS) is 12.8. The summed E-state index contributed by atoms with van der Waals surface area (Å²) in [5.74, 6) is 1.09. The summed E-state index contributed by atoms with van der Waals surface area (Å²) < 4.78 is 3.03. The number of nitrogens with zero attached hydrogens (tertiary/aromatic N) is 2. The number of imidazole rings is 1. The van der Waals surface area contributed by atoms with Crippen molar-refractivity contribution in [2.45, 2.75) is 39.4 Å². The topological polar surface area (TPSA) is 29.9 Å².